The molecule has 108 valence electrons. The molecule has 2 aromatic rings. The van der Waals surface area contributed by atoms with Crippen molar-refractivity contribution in [2.45, 2.75) is 26.2 Å². The molecule has 1 aliphatic carbocycles. The number of benzene rings is 2. The second-order valence-corrected chi connectivity index (χ2v) is 5.70. The van der Waals surface area contributed by atoms with E-state index < -0.39 is 0 Å². The van der Waals surface area contributed by atoms with E-state index in [1.165, 1.54) is 11.1 Å². The molecule has 0 bridgehead atoms. The fourth-order valence-electron chi connectivity index (χ4n) is 2.94. The highest BCUT2D eigenvalue weighted by atomic mass is 16.3. The van der Waals surface area contributed by atoms with E-state index in [1.807, 2.05) is 13.0 Å². The number of aryl methyl sites for hydroxylation is 2. The number of phenolic OH excluding ortho intramolecular Hbond substituents is 1. The Balaban J connectivity index is 1.72. The second-order valence-electron chi connectivity index (χ2n) is 5.70. The molecule has 3 heteroatoms. The number of hydrogen-bond donors (Lipinski definition) is 2. The number of phenols is 1. The molecule has 0 spiro atoms. The lowest BCUT2D eigenvalue weighted by molar-refractivity contribution is -0.120. The Labute approximate surface area is 124 Å². The van der Waals surface area contributed by atoms with Crippen LogP contribution in [0.2, 0.25) is 0 Å². The van der Waals surface area contributed by atoms with Crippen LogP contribution in [0.1, 0.15) is 23.1 Å². The van der Waals surface area contributed by atoms with E-state index >= 15 is 0 Å². The molecule has 1 atom stereocenters. The van der Waals surface area contributed by atoms with E-state index in [9.17, 15) is 9.90 Å². The van der Waals surface area contributed by atoms with Crippen molar-refractivity contribution in [1.82, 2.24) is 0 Å². The summed E-state index contributed by atoms with van der Waals surface area (Å²) in [5, 5.41) is 12.4. The number of nitrogens with one attached hydrogen (secondary N) is 1. The van der Waals surface area contributed by atoms with Gasteiger partial charge in [0.1, 0.15) is 5.75 Å². The molecule has 0 aromatic heterocycles. The summed E-state index contributed by atoms with van der Waals surface area (Å²) in [5.41, 5.74) is 4.30. The van der Waals surface area contributed by atoms with Crippen LogP contribution in [0.25, 0.3) is 0 Å². The molecule has 1 amide bonds. The Bertz CT molecular complexity index is 679. The number of carbonyl (C=O) groups is 1. The van der Waals surface area contributed by atoms with Crippen molar-refractivity contribution in [3.05, 3.63) is 59.2 Å². The normalized spacial score (nSPS) is 17.1. The van der Waals surface area contributed by atoms with Gasteiger partial charge in [0.05, 0.1) is 0 Å². The molecular weight excluding hydrogens is 262 g/mol. The van der Waals surface area contributed by atoms with E-state index in [1.54, 1.807) is 18.2 Å². The van der Waals surface area contributed by atoms with Gasteiger partial charge in [-0.3, -0.25) is 4.79 Å². The number of amides is 1. The Hall–Kier alpha value is -2.29. The SMILES string of the molecule is Cc1cc(O)ccc1NC(=O)C1CCc2ccccc2C1. The molecule has 3 rings (SSSR count). The van der Waals surface area contributed by atoms with Crippen molar-refractivity contribution in [3.8, 4) is 5.75 Å². The summed E-state index contributed by atoms with van der Waals surface area (Å²) in [5.74, 6) is 0.309. The molecule has 2 N–H and O–H groups in total. The first kappa shape index (κ1) is 13.7. The zero-order valence-corrected chi connectivity index (χ0v) is 12.1. The average Bonchev–Trinajstić information content (AvgIpc) is 2.49. The standard InChI is InChI=1S/C18H19NO2/c1-12-10-16(20)8-9-17(12)19-18(21)15-7-6-13-4-2-3-5-14(13)11-15/h2-5,8-10,15,20H,6-7,11H2,1H3,(H,19,21). The van der Waals surface area contributed by atoms with Crippen molar-refractivity contribution in [1.29, 1.82) is 0 Å². The van der Waals surface area contributed by atoms with Gasteiger partial charge < -0.3 is 10.4 Å². The Morgan fingerprint density at radius 3 is 2.71 bits per heavy atom. The number of hydrogen-bond acceptors (Lipinski definition) is 2. The van der Waals surface area contributed by atoms with Gasteiger partial charge in [0.2, 0.25) is 5.91 Å². The lowest BCUT2D eigenvalue weighted by atomic mass is 9.83. The third-order valence-electron chi connectivity index (χ3n) is 4.19. The Kier molecular flexibility index (Phi) is 3.65. The van der Waals surface area contributed by atoms with Crippen LogP contribution in [0.5, 0.6) is 5.75 Å². The minimum absolute atomic E-state index is 0.0214. The first-order chi connectivity index (χ1) is 10.1. The smallest absolute Gasteiger partial charge is 0.227 e. The van der Waals surface area contributed by atoms with E-state index in [0.717, 1.165) is 30.5 Å². The zero-order valence-electron chi connectivity index (χ0n) is 12.1. The van der Waals surface area contributed by atoms with Crippen LogP contribution in [0.4, 0.5) is 5.69 Å². The third-order valence-corrected chi connectivity index (χ3v) is 4.19. The van der Waals surface area contributed by atoms with Crippen LogP contribution in [0, 0.1) is 12.8 Å². The second kappa shape index (κ2) is 5.60. The molecule has 1 aliphatic rings. The van der Waals surface area contributed by atoms with E-state index in [4.69, 9.17) is 0 Å². The zero-order chi connectivity index (χ0) is 14.8. The van der Waals surface area contributed by atoms with Crippen molar-refractivity contribution in [2.24, 2.45) is 5.92 Å². The van der Waals surface area contributed by atoms with Gasteiger partial charge in [-0.25, -0.2) is 0 Å². The number of fused-ring (bicyclic) bond motifs is 1. The summed E-state index contributed by atoms with van der Waals surface area (Å²) in [4.78, 5) is 12.4. The molecule has 0 saturated heterocycles. The number of anilines is 1. The van der Waals surface area contributed by atoms with Crippen LogP contribution in [0.3, 0.4) is 0 Å². The Morgan fingerprint density at radius 1 is 1.19 bits per heavy atom. The first-order valence-corrected chi connectivity index (χ1v) is 7.31. The number of rotatable bonds is 2. The highest BCUT2D eigenvalue weighted by Gasteiger charge is 2.24. The third kappa shape index (κ3) is 2.92. The summed E-state index contributed by atoms with van der Waals surface area (Å²) in [7, 11) is 0. The lowest BCUT2D eigenvalue weighted by Gasteiger charge is -2.24. The van der Waals surface area contributed by atoms with Crippen molar-refractivity contribution in [3.63, 3.8) is 0 Å². The summed E-state index contributed by atoms with van der Waals surface area (Å²) in [6.07, 6.45) is 2.65. The van der Waals surface area contributed by atoms with E-state index in [2.05, 4.69) is 23.5 Å². The van der Waals surface area contributed by atoms with Crippen LogP contribution < -0.4 is 5.32 Å². The van der Waals surface area contributed by atoms with Gasteiger partial charge in [-0.1, -0.05) is 24.3 Å². The van der Waals surface area contributed by atoms with E-state index in [-0.39, 0.29) is 17.6 Å². The van der Waals surface area contributed by atoms with Gasteiger partial charge in [-0.2, -0.15) is 0 Å². The highest BCUT2D eigenvalue weighted by Crippen LogP contribution is 2.27. The molecule has 2 aromatic carbocycles. The van der Waals surface area contributed by atoms with Crippen LogP contribution in [0.15, 0.2) is 42.5 Å². The summed E-state index contributed by atoms with van der Waals surface area (Å²) in [6, 6.07) is 13.3. The molecule has 0 aliphatic heterocycles. The minimum atomic E-state index is 0.0214. The fourth-order valence-corrected chi connectivity index (χ4v) is 2.94. The topological polar surface area (TPSA) is 49.3 Å². The van der Waals surface area contributed by atoms with Crippen LogP contribution in [-0.4, -0.2) is 11.0 Å². The van der Waals surface area contributed by atoms with Gasteiger partial charge in [-0.05, 0) is 61.1 Å². The average molecular weight is 281 g/mol. The number of aromatic hydroxyl groups is 1. The van der Waals surface area contributed by atoms with Crippen molar-refractivity contribution < 1.29 is 9.90 Å². The van der Waals surface area contributed by atoms with Crippen molar-refractivity contribution in [2.75, 3.05) is 5.32 Å². The molecule has 0 fully saturated rings. The molecule has 3 nitrogen and oxygen atoms in total. The van der Waals surface area contributed by atoms with Gasteiger partial charge >= 0.3 is 0 Å². The van der Waals surface area contributed by atoms with Crippen LogP contribution >= 0.6 is 0 Å². The Morgan fingerprint density at radius 2 is 1.95 bits per heavy atom. The maximum atomic E-state index is 12.4. The van der Waals surface area contributed by atoms with Crippen LogP contribution in [-0.2, 0) is 17.6 Å². The largest absolute Gasteiger partial charge is 0.508 e. The monoisotopic (exact) mass is 281 g/mol. The van der Waals surface area contributed by atoms with Gasteiger partial charge in [0, 0.05) is 11.6 Å². The maximum Gasteiger partial charge on any atom is 0.227 e. The minimum Gasteiger partial charge on any atom is -0.508 e. The fraction of sp³-hybridized carbons (Fsp3) is 0.278. The molecular formula is C18H19NO2. The van der Waals surface area contributed by atoms with Gasteiger partial charge in [0.15, 0.2) is 0 Å². The van der Waals surface area contributed by atoms with Gasteiger partial charge in [-0.15, -0.1) is 0 Å². The highest BCUT2D eigenvalue weighted by molar-refractivity contribution is 5.93. The molecule has 21 heavy (non-hydrogen) atoms. The summed E-state index contributed by atoms with van der Waals surface area (Å²) >= 11 is 0. The number of carbonyl (C=O) groups excluding carboxylic acids is 1. The molecule has 0 heterocycles. The quantitative estimate of drug-likeness (QED) is 0.828. The molecule has 0 radical (unpaired) electrons. The predicted octanol–water partition coefficient (Wildman–Crippen LogP) is 3.44. The predicted molar refractivity (Wildman–Crippen MR) is 83.4 cm³/mol. The first-order valence-electron chi connectivity index (χ1n) is 7.31. The summed E-state index contributed by atoms with van der Waals surface area (Å²) < 4.78 is 0. The van der Waals surface area contributed by atoms with Gasteiger partial charge in [0.25, 0.3) is 0 Å². The maximum absolute atomic E-state index is 12.4. The molecule has 0 saturated carbocycles. The lowest BCUT2D eigenvalue weighted by Crippen LogP contribution is -2.28. The molecule has 1 unspecified atom stereocenters. The summed E-state index contributed by atoms with van der Waals surface area (Å²) in [6.45, 7) is 1.88. The van der Waals surface area contributed by atoms with E-state index in [0.29, 0.717) is 0 Å². The van der Waals surface area contributed by atoms with Crippen molar-refractivity contribution >= 4 is 11.6 Å².